The number of nitrogens with zero attached hydrogens (tertiary/aromatic N) is 2. The largest absolute Gasteiger partial charge is 0.477 e. The normalized spacial score (nSPS) is 16.3. The van der Waals surface area contributed by atoms with Crippen molar-refractivity contribution in [1.82, 2.24) is 9.97 Å². The van der Waals surface area contributed by atoms with Crippen molar-refractivity contribution in [2.24, 2.45) is 5.92 Å². The van der Waals surface area contributed by atoms with Crippen LogP contribution in [0.1, 0.15) is 28.1 Å². The number of nitrogens with one attached hydrogen (secondary N) is 1. The predicted molar refractivity (Wildman–Crippen MR) is 76.3 cm³/mol. The van der Waals surface area contributed by atoms with Crippen LogP contribution >= 0.6 is 11.3 Å². The summed E-state index contributed by atoms with van der Waals surface area (Å²) in [6.07, 6.45) is 3.18. The van der Waals surface area contributed by atoms with Crippen molar-refractivity contribution in [3.05, 3.63) is 16.8 Å². The maximum absolute atomic E-state index is 11.2. The van der Waals surface area contributed by atoms with Gasteiger partial charge in [0.2, 0.25) is 0 Å². The van der Waals surface area contributed by atoms with E-state index >= 15 is 0 Å². The van der Waals surface area contributed by atoms with Gasteiger partial charge in [-0.25, -0.2) is 14.8 Å². The topological polar surface area (TPSA) is 95.3 Å². The maximum Gasteiger partial charge on any atom is 0.346 e. The van der Waals surface area contributed by atoms with Gasteiger partial charge in [0.25, 0.3) is 0 Å². The van der Waals surface area contributed by atoms with Gasteiger partial charge in [-0.15, -0.1) is 11.3 Å². The molecule has 2 aromatic rings. The number of aliphatic hydroxyl groups is 1. The minimum absolute atomic E-state index is 0.284. The van der Waals surface area contributed by atoms with Gasteiger partial charge >= 0.3 is 5.97 Å². The Kier molecular flexibility index (Phi) is 3.31. The van der Waals surface area contributed by atoms with Crippen LogP contribution in [-0.2, 0) is 0 Å². The van der Waals surface area contributed by atoms with E-state index in [2.05, 4.69) is 15.3 Å². The van der Waals surface area contributed by atoms with Crippen molar-refractivity contribution >= 4 is 33.3 Å². The van der Waals surface area contributed by atoms with Gasteiger partial charge in [0.05, 0.1) is 11.5 Å². The molecule has 0 aliphatic heterocycles. The summed E-state index contributed by atoms with van der Waals surface area (Å²) in [5.74, 6) is 0.0309. The number of hydrogen-bond donors (Lipinski definition) is 3. The van der Waals surface area contributed by atoms with Crippen LogP contribution in [0, 0.1) is 12.8 Å². The molecule has 1 aliphatic carbocycles. The van der Waals surface area contributed by atoms with Crippen LogP contribution in [0.25, 0.3) is 10.2 Å². The second-order valence-corrected chi connectivity index (χ2v) is 6.05. The molecular weight excluding hydrogens is 278 g/mol. The minimum Gasteiger partial charge on any atom is -0.477 e. The average molecular weight is 293 g/mol. The van der Waals surface area contributed by atoms with Crippen LogP contribution < -0.4 is 5.32 Å². The van der Waals surface area contributed by atoms with E-state index in [9.17, 15) is 9.90 Å². The minimum atomic E-state index is -0.950. The lowest BCUT2D eigenvalue weighted by Gasteiger charge is -2.11. The van der Waals surface area contributed by atoms with Gasteiger partial charge in [-0.3, -0.25) is 0 Å². The van der Waals surface area contributed by atoms with E-state index in [0.717, 1.165) is 29.6 Å². The number of aromatic nitrogens is 2. The third kappa shape index (κ3) is 2.34. The summed E-state index contributed by atoms with van der Waals surface area (Å²) >= 11 is 1.15. The summed E-state index contributed by atoms with van der Waals surface area (Å²) in [7, 11) is 0. The number of aryl methyl sites for hydroxylation is 1. The molecule has 1 saturated carbocycles. The van der Waals surface area contributed by atoms with Gasteiger partial charge in [0.1, 0.15) is 21.9 Å². The smallest absolute Gasteiger partial charge is 0.346 e. The molecule has 6 nitrogen and oxygen atoms in total. The lowest BCUT2D eigenvalue weighted by atomic mass is 10.2. The molecule has 1 aliphatic rings. The summed E-state index contributed by atoms with van der Waals surface area (Å²) in [6, 6.07) is 0. The summed E-state index contributed by atoms with van der Waals surface area (Å²) in [5.41, 5.74) is 0.668. The summed E-state index contributed by atoms with van der Waals surface area (Å²) in [4.78, 5) is 20.4. The van der Waals surface area contributed by atoms with Crippen molar-refractivity contribution in [3.63, 3.8) is 0 Å². The Hall–Kier alpha value is -1.73. The Balaban J connectivity index is 1.91. The summed E-state index contributed by atoms with van der Waals surface area (Å²) < 4.78 is 0. The zero-order chi connectivity index (χ0) is 14.3. The van der Waals surface area contributed by atoms with Gasteiger partial charge in [-0.05, 0) is 31.2 Å². The summed E-state index contributed by atoms with van der Waals surface area (Å²) in [6.45, 7) is 2.18. The number of fused-ring (bicyclic) bond motifs is 1. The highest BCUT2D eigenvalue weighted by Crippen LogP contribution is 2.35. The molecule has 3 rings (SSSR count). The SMILES string of the molecule is Cc1c(C(=O)O)sc2ncnc(NCC(O)C3CC3)c12. The maximum atomic E-state index is 11.2. The third-order valence-corrected chi connectivity index (χ3v) is 4.75. The van der Waals surface area contributed by atoms with Gasteiger partial charge in [-0.1, -0.05) is 0 Å². The highest BCUT2D eigenvalue weighted by atomic mass is 32.1. The molecule has 0 spiro atoms. The van der Waals surface area contributed by atoms with Gasteiger partial charge in [-0.2, -0.15) is 0 Å². The summed E-state index contributed by atoms with van der Waals surface area (Å²) in [5, 5.41) is 22.9. The Morgan fingerprint density at radius 3 is 2.95 bits per heavy atom. The van der Waals surface area contributed by atoms with Crippen LogP contribution in [0.3, 0.4) is 0 Å². The van der Waals surface area contributed by atoms with E-state index in [-0.39, 0.29) is 11.0 Å². The Labute approximate surface area is 119 Å². The molecule has 2 aromatic heterocycles. The predicted octanol–water partition coefficient (Wildman–Crippen LogP) is 1.88. The first-order valence-electron chi connectivity index (χ1n) is 6.47. The van der Waals surface area contributed by atoms with Crippen LogP contribution in [0.15, 0.2) is 6.33 Å². The van der Waals surface area contributed by atoms with Crippen LogP contribution in [0.2, 0.25) is 0 Å². The highest BCUT2D eigenvalue weighted by molar-refractivity contribution is 7.20. The zero-order valence-corrected chi connectivity index (χ0v) is 11.8. The molecule has 3 N–H and O–H groups in total. The molecule has 1 unspecified atom stereocenters. The van der Waals surface area contributed by atoms with Gasteiger partial charge in [0, 0.05) is 6.54 Å². The standard InChI is InChI=1S/C13H15N3O3S/c1-6-9-11(14-4-8(17)7-2-3-7)15-5-16-12(9)20-10(6)13(18)19/h5,7-8,17H,2-4H2,1H3,(H,18,19)(H,14,15,16). The third-order valence-electron chi connectivity index (χ3n) is 3.57. The molecule has 0 saturated heterocycles. The fourth-order valence-corrected chi connectivity index (χ4v) is 3.25. The van der Waals surface area contributed by atoms with Crippen LogP contribution in [-0.4, -0.2) is 38.8 Å². The number of aromatic carboxylic acids is 1. The number of hydrogen-bond acceptors (Lipinski definition) is 6. The quantitative estimate of drug-likeness (QED) is 0.779. The molecule has 0 bridgehead atoms. The molecule has 0 amide bonds. The number of aliphatic hydroxyl groups excluding tert-OH is 1. The molecule has 0 radical (unpaired) electrons. The van der Waals surface area contributed by atoms with Crippen molar-refractivity contribution in [3.8, 4) is 0 Å². The first kappa shape index (κ1) is 13.3. The van der Waals surface area contributed by atoms with E-state index < -0.39 is 5.97 Å². The average Bonchev–Trinajstić information content (AvgIpc) is 3.21. The van der Waals surface area contributed by atoms with Crippen molar-refractivity contribution < 1.29 is 15.0 Å². The molecule has 20 heavy (non-hydrogen) atoms. The second-order valence-electron chi connectivity index (χ2n) is 5.05. The first-order valence-corrected chi connectivity index (χ1v) is 7.29. The van der Waals surface area contributed by atoms with E-state index in [0.29, 0.717) is 28.7 Å². The van der Waals surface area contributed by atoms with Gasteiger partial charge in [0.15, 0.2) is 0 Å². The Morgan fingerprint density at radius 1 is 1.55 bits per heavy atom. The lowest BCUT2D eigenvalue weighted by Crippen LogP contribution is -2.21. The number of anilines is 1. The molecule has 2 heterocycles. The zero-order valence-electron chi connectivity index (χ0n) is 11.0. The van der Waals surface area contributed by atoms with Gasteiger partial charge < -0.3 is 15.5 Å². The van der Waals surface area contributed by atoms with Crippen LogP contribution in [0.4, 0.5) is 5.82 Å². The van der Waals surface area contributed by atoms with E-state index in [1.54, 1.807) is 6.92 Å². The number of thiophene rings is 1. The van der Waals surface area contributed by atoms with E-state index in [1.807, 2.05) is 0 Å². The molecule has 1 atom stereocenters. The number of carboxylic acids is 1. The van der Waals surface area contributed by atoms with E-state index in [4.69, 9.17) is 5.11 Å². The number of carboxylic acid groups (broad SMARTS) is 1. The molecule has 106 valence electrons. The molecule has 0 aromatic carbocycles. The Bertz CT molecular complexity index is 666. The first-order chi connectivity index (χ1) is 9.58. The lowest BCUT2D eigenvalue weighted by molar-refractivity contribution is 0.0701. The van der Waals surface area contributed by atoms with E-state index in [1.165, 1.54) is 6.33 Å². The fourth-order valence-electron chi connectivity index (χ4n) is 2.26. The second kappa shape index (κ2) is 4.99. The van der Waals surface area contributed by atoms with Crippen molar-refractivity contribution in [2.75, 3.05) is 11.9 Å². The highest BCUT2D eigenvalue weighted by Gasteiger charge is 2.29. The Morgan fingerprint density at radius 2 is 2.30 bits per heavy atom. The fraction of sp³-hybridized carbons (Fsp3) is 0.462. The van der Waals surface area contributed by atoms with Crippen molar-refractivity contribution in [2.45, 2.75) is 25.9 Å². The molecule has 7 heteroatoms. The van der Waals surface area contributed by atoms with Crippen molar-refractivity contribution in [1.29, 1.82) is 0 Å². The molecular formula is C13H15N3O3S. The number of carbonyl (C=O) groups is 1. The monoisotopic (exact) mass is 293 g/mol. The molecule has 1 fully saturated rings. The van der Waals surface area contributed by atoms with Crippen LogP contribution in [0.5, 0.6) is 0 Å². The number of rotatable bonds is 5.